The van der Waals surface area contributed by atoms with Gasteiger partial charge in [0.15, 0.2) is 0 Å². The molecule has 0 aliphatic carbocycles. The van der Waals surface area contributed by atoms with Crippen molar-refractivity contribution in [1.82, 2.24) is 15.1 Å². The number of likely N-dealkylation sites (tertiary alicyclic amines) is 1. The van der Waals surface area contributed by atoms with Crippen LogP contribution in [0, 0.1) is 19.8 Å². The van der Waals surface area contributed by atoms with Gasteiger partial charge in [0.25, 0.3) is 0 Å². The van der Waals surface area contributed by atoms with Gasteiger partial charge >= 0.3 is 0 Å². The van der Waals surface area contributed by atoms with Crippen molar-refractivity contribution in [3.63, 3.8) is 0 Å². The Morgan fingerprint density at radius 2 is 2.27 bits per heavy atom. The lowest BCUT2D eigenvalue weighted by atomic mass is 9.93. The minimum Gasteiger partial charge on any atom is -0.385 e. The largest absolute Gasteiger partial charge is 0.385 e. The van der Waals surface area contributed by atoms with Crippen LogP contribution < -0.4 is 0 Å². The molecule has 1 saturated heterocycles. The molecule has 5 nitrogen and oxygen atoms in total. The number of piperidine rings is 1. The molecule has 5 heteroatoms. The van der Waals surface area contributed by atoms with Crippen molar-refractivity contribution in [1.29, 1.82) is 0 Å². The molecule has 1 atom stereocenters. The standard InChI is InChI=1S/C17H29N3O2/c1-13-16(14(2)19-18-13)8-9-17(21)20-10-4-6-15(12-20)7-5-11-22-3/h15H,4-12H2,1-3H3,(H,18,19). The van der Waals surface area contributed by atoms with Gasteiger partial charge in [-0.3, -0.25) is 9.89 Å². The number of aryl methyl sites for hydroxylation is 2. The molecule has 2 heterocycles. The topological polar surface area (TPSA) is 58.2 Å². The van der Waals surface area contributed by atoms with Gasteiger partial charge in [0.2, 0.25) is 5.91 Å². The van der Waals surface area contributed by atoms with Crippen molar-refractivity contribution in [2.24, 2.45) is 5.92 Å². The fraction of sp³-hybridized carbons (Fsp3) is 0.765. The van der Waals surface area contributed by atoms with Crippen LogP contribution in [-0.4, -0.2) is 47.8 Å². The number of hydrogen-bond acceptors (Lipinski definition) is 3. The van der Waals surface area contributed by atoms with Crippen LogP contribution in [0.2, 0.25) is 0 Å². The quantitative estimate of drug-likeness (QED) is 0.788. The van der Waals surface area contributed by atoms with Crippen LogP contribution >= 0.6 is 0 Å². The van der Waals surface area contributed by atoms with Crippen molar-refractivity contribution in [3.05, 3.63) is 17.0 Å². The van der Waals surface area contributed by atoms with E-state index in [1.807, 2.05) is 13.8 Å². The second kappa shape index (κ2) is 8.32. The molecule has 1 amide bonds. The first-order valence-corrected chi connectivity index (χ1v) is 8.39. The highest BCUT2D eigenvalue weighted by atomic mass is 16.5. The molecule has 1 N–H and O–H groups in total. The Hall–Kier alpha value is -1.36. The van der Waals surface area contributed by atoms with E-state index in [0.717, 1.165) is 56.8 Å². The zero-order valence-electron chi connectivity index (χ0n) is 14.2. The summed E-state index contributed by atoms with van der Waals surface area (Å²) in [5.41, 5.74) is 3.30. The van der Waals surface area contributed by atoms with E-state index in [0.29, 0.717) is 12.3 Å². The Morgan fingerprint density at radius 1 is 1.45 bits per heavy atom. The first-order valence-electron chi connectivity index (χ1n) is 8.39. The Balaban J connectivity index is 1.79. The smallest absolute Gasteiger partial charge is 0.222 e. The summed E-state index contributed by atoms with van der Waals surface area (Å²) in [6, 6.07) is 0. The summed E-state index contributed by atoms with van der Waals surface area (Å²) in [7, 11) is 1.75. The lowest BCUT2D eigenvalue weighted by molar-refractivity contribution is -0.133. The number of aromatic nitrogens is 2. The highest BCUT2D eigenvalue weighted by Crippen LogP contribution is 2.22. The number of H-pyrrole nitrogens is 1. The van der Waals surface area contributed by atoms with Gasteiger partial charge in [-0.25, -0.2) is 0 Å². The Bertz CT molecular complexity index is 465. The molecule has 1 aliphatic heterocycles. The number of aromatic amines is 1. The van der Waals surface area contributed by atoms with Crippen LogP contribution in [0.15, 0.2) is 0 Å². The predicted octanol–water partition coefficient (Wildman–Crippen LogP) is 2.62. The van der Waals surface area contributed by atoms with Gasteiger partial charge in [-0.15, -0.1) is 0 Å². The summed E-state index contributed by atoms with van der Waals surface area (Å²) in [6.07, 6.45) is 6.01. The second-order valence-corrected chi connectivity index (χ2v) is 6.40. The van der Waals surface area contributed by atoms with Crippen molar-refractivity contribution >= 4 is 5.91 Å². The molecule has 0 saturated carbocycles. The summed E-state index contributed by atoms with van der Waals surface area (Å²) in [6.45, 7) is 6.68. The molecule has 2 rings (SSSR count). The van der Waals surface area contributed by atoms with E-state index in [9.17, 15) is 4.79 Å². The monoisotopic (exact) mass is 307 g/mol. The number of methoxy groups -OCH3 is 1. The van der Waals surface area contributed by atoms with E-state index in [4.69, 9.17) is 4.74 Å². The average molecular weight is 307 g/mol. The molecular weight excluding hydrogens is 278 g/mol. The Labute approximate surface area is 133 Å². The van der Waals surface area contributed by atoms with Crippen molar-refractivity contribution < 1.29 is 9.53 Å². The second-order valence-electron chi connectivity index (χ2n) is 6.40. The number of hydrogen-bond donors (Lipinski definition) is 1. The molecular formula is C17H29N3O2. The number of nitrogens with zero attached hydrogens (tertiary/aromatic N) is 2. The van der Waals surface area contributed by atoms with Crippen LogP contribution in [0.25, 0.3) is 0 Å². The summed E-state index contributed by atoms with van der Waals surface area (Å²) in [4.78, 5) is 14.5. The van der Waals surface area contributed by atoms with Crippen LogP contribution in [-0.2, 0) is 16.0 Å². The average Bonchev–Trinajstić information content (AvgIpc) is 2.84. The normalized spacial score (nSPS) is 18.7. The summed E-state index contributed by atoms with van der Waals surface area (Å²) < 4.78 is 5.12. The minimum atomic E-state index is 0.288. The van der Waals surface area contributed by atoms with Crippen molar-refractivity contribution in [2.45, 2.75) is 52.4 Å². The number of rotatable bonds is 7. The maximum absolute atomic E-state index is 12.5. The van der Waals surface area contributed by atoms with E-state index in [2.05, 4.69) is 15.1 Å². The fourth-order valence-electron chi connectivity index (χ4n) is 3.38. The summed E-state index contributed by atoms with van der Waals surface area (Å²) in [5.74, 6) is 0.932. The van der Waals surface area contributed by atoms with Gasteiger partial charge in [0, 0.05) is 38.9 Å². The van der Waals surface area contributed by atoms with E-state index >= 15 is 0 Å². The number of nitrogens with one attached hydrogen (secondary N) is 1. The first kappa shape index (κ1) is 17.0. The first-order chi connectivity index (χ1) is 10.6. The third-order valence-electron chi connectivity index (χ3n) is 4.70. The zero-order chi connectivity index (χ0) is 15.9. The molecule has 1 unspecified atom stereocenters. The van der Waals surface area contributed by atoms with Crippen LogP contribution in [0.4, 0.5) is 0 Å². The molecule has 1 aromatic rings. The van der Waals surface area contributed by atoms with E-state index < -0.39 is 0 Å². The van der Waals surface area contributed by atoms with E-state index in [1.54, 1.807) is 7.11 Å². The lowest BCUT2D eigenvalue weighted by Crippen LogP contribution is -2.40. The third-order valence-corrected chi connectivity index (χ3v) is 4.70. The third kappa shape index (κ3) is 4.57. The van der Waals surface area contributed by atoms with Gasteiger partial charge in [-0.2, -0.15) is 5.10 Å². The molecule has 1 aliphatic rings. The minimum absolute atomic E-state index is 0.288. The lowest BCUT2D eigenvalue weighted by Gasteiger charge is -2.33. The van der Waals surface area contributed by atoms with Crippen LogP contribution in [0.3, 0.4) is 0 Å². The van der Waals surface area contributed by atoms with Crippen LogP contribution in [0.1, 0.15) is 49.1 Å². The van der Waals surface area contributed by atoms with Gasteiger partial charge in [-0.05, 0) is 57.4 Å². The molecule has 1 fully saturated rings. The number of carbonyl (C=O) groups excluding carboxylic acids is 1. The highest BCUT2D eigenvalue weighted by Gasteiger charge is 2.23. The molecule has 0 spiro atoms. The number of ether oxygens (including phenoxy) is 1. The summed E-state index contributed by atoms with van der Waals surface area (Å²) >= 11 is 0. The maximum atomic E-state index is 12.5. The molecule has 0 bridgehead atoms. The molecule has 0 aromatic carbocycles. The van der Waals surface area contributed by atoms with Crippen LogP contribution in [0.5, 0.6) is 0 Å². The van der Waals surface area contributed by atoms with Crippen molar-refractivity contribution in [2.75, 3.05) is 26.8 Å². The molecule has 124 valence electrons. The van der Waals surface area contributed by atoms with E-state index in [1.165, 1.54) is 12.0 Å². The predicted molar refractivity (Wildman–Crippen MR) is 86.8 cm³/mol. The number of amides is 1. The maximum Gasteiger partial charge on any atom is 0.222 e. The van der Waals surface area contributed by atoms with Crippen molar-refractivity contribution in [3.8, 4) is 0 Å². The van der Waals surface area contributed by atoms with Gasteiger partial charge < -0.3 is 9.64 Å². The fourth-order valence-corrected chi connectivity index (χ4v) is 3.38. The van der Waals surface area contributed by atoms with E-state index in [-0.39, 0.29) is 5.91 Å². The Morgan fingerprint density at radius 3 is 2.95 bits per heavy atom. The molecule has 22 heavy (non-hydrogen) atoms. The number of carbonyl (C=O) groups is 1. The molecule has 0 radical (unpaired) electrons. The molecule has 1 aromatic heterocycles. The highest BCUT2D eigenvalue weighted by molar-refractivity contribution is 5.76. The van der Waals surface area contributed by atoms with Gasteiger partial charge in [0.05, 0.1) is 5.69 Å². The summed E-state index contributed by atoms with van der Waals surface area (Å²) in [5, 5.41) is 7.19. The zero-order valence-corrected chi connectivity index (χ0v) is 14.2. The SMILES string of the molecule is COCCCC1CCCN(C(=O)CCc2c(C)n[nH]c2C)C1. The van der Waals surface area contributed by atoms with Gasteiger partial charge in [-0.1, -0.05) is 0 Å². The Kier molecular flexibility index (Phi) is 6.43. The van der Waals surface area contributed by atoms with Gasteiger partial charge in [0.1, 0.15) is 0 Å².